The highest BCUT2D eigenvalue weighted by Gasteiger charge is 2.22. The lowest BCUT2D eigenvalue weighted by atomic mass is 9.96. The Kier molecular flexibility index (Phi) is 6.77. The first-order valence-electron chi connectivity index (χ1n) is 13.2. The summed E-state index contributed by atoms with van der Waals surface area (Å²) >= 11 is 0. The van der Waals surface area contributed by atoms with Crippen LogP contribution in [0.4, 0.5) is 4.39 Å². The summed E-state index contributed by atoms with van der Waals surface area (Å²) in [5, 5.41) is 19.3. The first-order valence-corrected chi connectivity index (χ1v) is 13.2. The normalized spacial score (nSPS) is 12.0. The molecule has 5 aromatic carbocycles. The number of amides is 1. The van der Waals surface area contributed by atoms with Gasteiger partial charge in [0.15, 0.2) is 0 Å². The topological polar surface area (TPSA) is 92.4 Å². The second-order valence-electron chi connectivity index (χ2n) is 10.0. The van der Waals surface area contributed by atoms with Crippen LogP contribution in [-0.2, 0) is 6.42 Å². The number of aromatic nitrogens is 1. The number of hydrogen-bond donors (Lipinski definition) is 2. The molecule has 0 aliphatic carbocycles. The van der Waals surface area contributed by atoms with E-state index in [1.807, 2.05) is 31.2 Å². The van der Waals surface area contributed by atoms with E-state index >= 15 is 0 Å². The lowest BCUT2D eigenvalue weighted by Gasteiger charge is -2.16. The van der Waals surface area contributed by atoms with Gasteiger partial charge in [0.05, 0.1) is 22.6 Å². The predicted octanol–water partition coefficient (Wildman–Crippen LogP) is 7.57. The lowest BCUT2D eigenvalue weighted by Crippen LogP contribution is -2.27. The summed E-state index contributed by atoms with van der Waals surface area (Å²) in [5.41, 5.74) is 4.01. The molecule has 6 aromatic rings. The molecule has 41 heavy (non-hydrogen) atoms. The second-order valence-corrected chi connectivity index (χ2v) is 10.0. The van der Waals surface area contributed by atoms with Gasteiger partial charge in [0.25, 0.3) is 5.91 Å². The van der Waals surface area contributed by atoms with Gasteiger partial charge in [-0.1, -0.05) is 71.9 Å². The Balaban J connectivity index is 1.40. The molecule has 0 saturated heterocycles. The largest absolute Gasteiger partial charge is 0.478 e. The molecule has 0 radical (unpaired) electrons. The number of halogens is 1. The molecular formula is C34H25FN2O4. The molecule has 0 aliphatic heterocycles. The lowest BCUT2D eigenvalue weighted by molar-refractivity contribution is 0.0696. The molecule has 0 aliphatic rings. The van der Waals surface area contributed by atoms with Crippen LogP contribution in [-0.4, -0.2) is 22.1 Å². The summed E-state index contributed by atoms with van der Waals surface area (Å²) < 4.78 is 19.9. The van der Waals surface area contributed by atoms with E-state index in [1.54, 1.807) is 36.4 Å². The molecule has 202 valence electrons. The standard InChI is InChI=1S/C34H25FN2O4/c1-20(22-11-13-24(14-12-22)34(39)40)36-33(38)29-18-27(26-7-4-8-28(35)17-26)19-30-32(29)31(41-37-30)16-21-9-10-23-5-2-3-6-25(23)15-21/h2-15,17-20H,16H2,1H3,(H,36,38)(H,39,40)/t20-/m0/s1. The summed E-state index contributed by atoms with van der Waals surface area (Å²) in [6.45, 7) is 1.82. The molecule has 1 amide bonds. The number of carboxylic acid groups (broad SMARTS) is 1. The minimum atomic E-state index is -1.02. The average molecular weight is 545 g/mol. The van der Waals surface area contributed by atoms with Crippen molar-refractivity contribution in [3.8, 4) is 11.1 Å². The van der Waals surface area contributed by atoms with E-state index in [-0.39, 0.29) is 17.3 Å². The number of carbonyl (C=O) groups excluding carboxylic acids is 1. The van der Waals surface area contributed by atoms with Gasteiger partial charge >= 0.3 is 5.97 Å². The van der Waals surface area contributed by atoms with Crippen molar-refractivity contribution >= 4 is 33.6 Å². The van der Waals surface area contributed by atoms with Gasteiger partial charge in [-0.05, 0) is 76.3 Å². The Morgan fingerprint density at radius 3 is 2.41 bits per heavy atom. The van der Waals surface area contributed by atoms with Crippen molar-refractivity contribution in [2.75, 3.05) is 0 Å². The minimum Gasteiger partial charge on any atom is -0.478 e. The molecule has 0 bridgehead atoms. The van der Waals surface area contributed by atoms with Crippen molar-refractivity contribution in [1.29, 1.82) is 0 Å². The number of nitrogens with zero attached hydrogens (tertiary/aromatic N) is 1. The fourth-order valence-electron chi connectivity index (χ4n) is 5.08. The van der Waals surface area contributed by atoms with Gasteiger partial charge in [-0.15, -0.1) is 0 Å². The van der Waals surface area contributed by atoms with E-state index in [4.69, 9.17) is 4.52 Å². The summed E-state index contributed by atoms with van der Waals surface area (Å²) in [4.78, 5) is 25.0. The number of fused-ring (bicyclic) bond motifs is 2. The maximum atomic E-state index is 14.1. The Morgan fingerprint density at radius 1 is 0.878 bits per heavy atom. The summed E-state index contributed by atoms with van der Waals surface area (Å²) in [6.07, 6.45) is 0.424. The van der Waals surface area contributed by atoms with Gasteiger partial charge < -0.3 is 14.9 Å². The van der Waals surface area contributed by atoms with Gasteiger partial charge in [-0.3, -0.25) is 4.79 Å². The van der Waals surface area contributed by atoms with Crippen molar-refractivity contribution in [3.05, 3.63) is 137 Å². The zero-order valence-corrected chi connectivity index (χ0v) is 22.1. The van der Waals surface area contributed by atoms with E-state index in [0.29, 0.717) is 39.8 Å². The fraction of sp³-hybridized carbons (Fsp3) is 0.0882. The van der Waals surface area contributed by atoms with Crippen molar-refractivity contribution in [2.45, 2.75) is 19.4 Å². The zero-order chi connectivity index (χ0) is 28.5. The third kappa shape index (κ3) is 5.30. The highest BCUT2D eigenvalue weighted by Crippen LogP contribution is 2.32. The van der Waals surface area contributed by atoms with Crippen LogP contribution in [0.15, 0.2) is 108 Å². The molecule has 0 unspecified atom stereocenters. The smallest absolute Gasteiger partial charge is 0.335 e. The number of aromatic carboxylic acids is 1. The summed E-state index contributed by atoms with van der Waals surface area (Å²) in [6, 6.07) is 29.9. The molecule has 0 spiro atoms. The molecule has 1 atom stereocenters. The average Bonchev–Trinajstić information content (AvgIpc) is 3.39. The Labute approximate surface area is 235 Å². The molecule has 6 rings (SSSR count). The van der Waals surface area contributed by atoms with Crippen LogP contribution in [0.1, 0.15) is 50.6 Å². The molecule has 2 N–H and O–H groups in total. The van der Waals surface area contributed by atoms with Crippen LogP contribution < -0.4 is 5.32 Å². The fourth-order valence-corrected chi connectivity index (χ4v) is 5.08. The van der Waals surface area contributed by atoms with Crippen LogP contribution in [0.5, 0.6) is 0 Å². The van der Waals surface area contributed by atoms with E-state index in [1.165, 1.54) is 24.3 Å². The third-order valence-corrected chi connectivity index (χ3v) is 7.24. The molecule has 0 saturated carbocycles. The Bertz CT molecular complexity index is 1930. The molecule has 6 nitrogen and oxygen atoms in total. The minimum absolute atomic E-state index is 0.166. The Morgan fingerprint density at radius 2 is 1.66 bits per heavy atom. The van der Waals surface area contributed by atoms with Gasteiger partial charge in [0, 0.05) is 6.42 Å². The summed E-state index contributed by atoms with van der Waals surface area (Å²) in [5.74, 6) is -1.21. The van der Waals surface area contributed by atoms with E-state index < -0.39 is 12.0 Å². The highest BCUT2D eigenvalue weighted by molar-refractivity contribution is 6.09. The van der Waals surface area contributed by atoms with E-state index in [9.17, 15) is 19.1 Å². The van der Waals surface area contributed by atoms with E-state index in [0.717, 1.165) is 21.9 Å². The number of carboxylic acids is 1. The monoisotopic (exact) mass is 544 g/mol. The van der Waals surface area contributed by atoms with E-state index in [2.05, 4.69) is 28.7 Å². The molecule has 1 heterocycles. The first kappa shape index (κ1) is 26.0. The molecular weight excluding hydrogens is 519 g/mol. The van der Waals surface area contributed by atoms with Crippen LogP contribution in [0.2, 0.25) is 0 Å². The first-order chi connectivity index (χ1) is 19.9. The summed E-state index contributed by atoms with van der Waals surface area (Å²) in [7, 11) is 0. The highest BCUT2D eigenvalue weighted by atomic mass is 19.1. The van der Waals surface area contributed by atoms with Crippen molar-refractivity contribution < 1.29 is 23.6 Å². The van der Waals surface area contributed by atoms with Gasteiger partial charge in [-0.25, -0.2) is 9.18 Å². The van der Waals surface area contributed by atoms with Gasteiger partial charge in [0.1, 0.15) is 17.1 Å². The molecule has 0 fully saturated rings. The quantitative estimate of drug-likeness (QED) is 0.216. The van der Waals surface area contributed by atoms with Crippen LogP contribution in [0, 0.1) is 5.82 Å². The van der Waals surface area contributed by atoms with Crippen LogP contribution in [0.3, 0.4) is 0 Å². The number of carbonyl (C=O) groups is 2. The number of hydrogen-bond acceptors (Lipinski definition) is 4. The second kappa shape index (κ2) is 10.7. The van der Waals surface area contributed by atoms with Gasteiger partial charge in [0.2, 0.25) is 0 Å². The Hall–Kier alpha value is -5.30. The maximum absolute atomic E-state index is 14.1. The van der Waals surface area contributed by atoms with Crippen molar-refractivity contribution in [2.24, 2.45) is 0 Å². The van der Waals surface area contributed by atoms with Crippen molar-refractivity contribution in [3.63, 3.8) is 0 Å². The number of nitrogens with one attached hydrogen (secondary N) is 1. The predicted molar refractivity (Wildman–Crippen MR) is 155 cm³/mol. The van der Waals surface area contributed by atoms with Crippen LogP contribution >= 0.6 is 0 Å². The zero-order valence-electron chi connectivity index (χ0n) is 22.1. The number of benzene rings is 5. The third-order valence-electron chi connectivity index (χ3n) is 7.24. The molecule has 7 heteroatoms. The van der Waals surface area contributed by atoms with Gasteiger partial charge in [-0.2, -0.15) is 0 Å². The maximum Gasteiger partial charge on any atom is 0.335 e. The molecule has 1 aromatic heterocycles. The number of rotatable bonds is 7. The van der Waals surface area contributed by atoms with Crippen LogP contribution in [0.25, 0.3) is 32.8 Å². The van der Waals surface area contributed by atoms with Crippen molar-refractivity contribution in [1.82, 2.24) is 10.5 Å². The SMILES string of the molecule is C[C@H](NC(=O)c1cc(-c2cccc(F)c2)cc2noc(Cc3ccc4ccccc4c3)c12)c1ccc(C(=O)O)cc1.